The van der Waals surface area contributed by atoms with E-state index in [0.29, 0.717) is 12.8 Å². The van der Waals surface area contributed by atoms with Crippen molar-refractivity contribution in [3.05, 3.63) is 0 Å². The van der Waals surface area contributed by atoms with Gasteiger partial charge in [-0.2, -0.15) is 0 Å². The number of hydrogen-bond donors (Lipinski definition) is 0. The molecule has 0 radical (unpaired) electrons. The zero-order chi connectivity index (χ0) is 16.5. The van der Waals surface area contributed by atoms with Gasteiger partial charge in [-0.25, -0.2) is 8.78 Å². The van der Waals surface area contributed by atoms with Crippen LogP contribution in [0, 0.1) is 0 Å². The van der Waals surface area contributed by atoms with Gasteiger partial charge < -0.3 is 0 Å². The molecule has 0 aliphatic heterocycles. The van der Waals surface area contributed by atoms with Crippen LogP contribution in [0.5, 0.6) is 0 Å². The van der Waals surface area contributed by atoms with Crippen molar-refractivity contribution in [1.82, 2.24) is 0 Å². The van der Waals surface area contributed by atoms with E-state index in [0.717, 1.165) is 12.8 Å². The summed E-state index contributed by atoms with van der Waals surface area (Å²) in [5.41, 5.74) is 0. The van der Waals surface area contributed by atoms with Crippen molar-refractivity contribution in [1.29, 1.82) is 0 Å². The maximum absolute atomic E-state index is 13.3. The van der Waals surface area contributed by atoms with E-state index in [1.807, 2.05) is 6.92 Å². The maximum Gasteiger partial charge on any atom is 0.248 e. The van der Waals surface area contributed by atoms with E-state index < -0.39 is 5.92 Å². The molecular formula is C20H40F2. The summed E-state index contributed by atoms with van der Waals surface area (Å²) in [7, 11) is 0. The molecule has 0 aliphatic rings. The van der Waals surface area contributed by atoms with Crippen LogP contribution in [0.25, 0.3) is 0 Å². The summed E-state index contributed by atoms with van der Waals surface area (Å²) in [4.78, 5) is 0. The number of alkyl halides is 2. The van der Waals surface area contributed by atoms with Crippen molar-refractivity contribution in [3.8, 4) is 0 Å². The molecule has 0 fully saturated rings. The van der Waals surface area contributed by atoms with Gasteiger partial charge >= 0.3 is 0 Å². The van der Waals surface area contributed by atoms with Gasteiger partial charge in [-0.05, 0) is 6.42 Å². The van der Waals surface area contributed by atoms with Crippen LogP contribution in [-0.4, -0.2) is 5.92 Å². The Hall–Kier alpha value is -0.140. The third-order valence-corrected chi connectivity index (χ3v) is 4.51. The lowest BCUT2D eigenvalue weighted by Gasteiger charge is -2.14. The fraction of sp³-hybridized carbons (Fsp3) is 1.00. The minimum Gasteiger partial charge on any atom is -0.207 e. The second kappa shape index (κ2) is 15.7. The van der Waals surface area contributed by atoms with Crippen molar-refractivity contribution < 1.29 is 8.78 Å². The number of halogens is 2. The Morgan fingerprint density at radius 1 is 0.455 bits per heavy atom. The molecule has 0 aromatic carbocycles. The number of unbranched alkanes of at least 4 members (excludes halogenated alkanes) is 13. The van der Waals surface area contributed by atoms with Crippen LogP contribution in [0.3, 0.4) is 0 Å². The van der Waals surface area contributed by atoms with Gasteiger partial charge in [-0.15, -0.1) is 0 Å². The summed E-state index contributed by atoms with van der Waals surface area (Å²) >= 11 is 0. The lowest BCUT2D eigenvalue weighted by atomic mass is 10.0. The van der Waals surface area contributed by atoms with Crippen LogP contribution in [0.4, 0.5) is 8.78 Å². The molecule has 0 unspecified atom stereocenters. The first-order valence-electron chi connectivity index (χ1n) is 10.00. The zero-order valence-corrected chi connectivity index (χ0v) is 15.3. The molecule has 0 bridgehead atoms. The van der Waals surface area contributed by atoms with Gasteiger partial charge in [0.05, 0.1) is 0 Å². The third kappa shape index (κ3) is 16.2. The molecular weight excluding hydrogens is 278 g/mol. The first kappa shape index (κ1) is 21.9. The van der Waals surface area contributed by atoms with Gasteiger partial charge in [-0.1, -0.05) is 104 Å². The Balaban J connectivity index is 3.11. The summed E-state index contributed by atoms with van der Waals surface area (Å²) in [5.74, 6) is -2.41. The highest BCUT2D eigenvalue weighted by molar-refractivity contribution is 4.65. The highest BCUT2D eigenvalue weighted by Gasteiger charge is 2.26. The Morgan fingerprint density at radius 2 is 0.818 bits per heavy atom. The first-order valence-corrected chi connectivity index (χ1v) is 10.00. The summed E-state index contributed by atoms with van der Waals surface area (Å²) < 4.78 is 26.5. The molecule has 0 spiro atoms. The second-order valence-electron chi connectivity index (χ2n) is 6.95. The van der Waals surface area contributed by atoms with Gasteiger partial charge in [0.2, 0.25) is 5.92 Å². The average Bonchev–Trinajstić information content (AvgIpc) is 2.47. The van der Waals surface area contributed by atoms with E-state index in [2.05, 4.69) is 6.92 Å². The Bertz CT molecular complexity index is 214. The molecule has 0 nitrogen and oxygen atoms in total. The van der Waals surface area contributed by atoms with Crippen LogP contribution in [-0.2, 0) is 0 Å². The summed E-state index contributed by atoms with van der Waals surface area (Å²) in [6.45, 7) is 4.09. The zero-order valence-electron chi connectivity index (χ0n) is 15.3. The van der Waals surface area contributed by atoms with Crippen molar-refractivity contribution in [2.24, 2.45) is 0 Å². The van der Waals surface area contributed by atoms with E-state index in [1.165, 1.54) is 70.6 Å². The van der Waals surface area contributed by atoms with Crippen molar-refractivity contribution in [3.63, 3.8) is 0 Å². The Labute approximate surface area is 138 Å². The standard InChI is InChI=1S/C20H40F2/c1-3-5-6-7-8-9-10-11-12-13-14-15-16-17-19-20(21,22)18-4-2/h3-19H2,1-2H3. The van der Waals surface area contributed by atoms with E-state index in [9.17, 15) is 8.78 Å². The molecule has 0 saturated carbocycles. The lowest BCUT2D eigenvalue weighted by molar-refractivity contribution is -0.0190. The minimum absolute atomic E-state index is 0.0610. The molecule has 0 amide bonds. The van der Waals surface area contributed by atoms with E-state index in [4.69, 9.17) is 0 Å². The molecule has 0 saturated heterocycles. The molecule has 0 aromatic rings. The van der Waals surface area contributed by atoms with Crippen LogP contribution in [0.2, 0.25) is 0 Å². The molecule has 0 aliphatic carbocycles. The smallest absolute Gasteiger partial charge is 0.207 e. The maximum atomic E-state index is 13.3. The average molecular weight is 319 g/mol. The predicted octanol–water partition coefficient (Wildman–Crippen LogP) is 8.29. The molecule has 0 heterocycles. The normalized spacial score (nSPS) is 12.0. The highest BCUT2D eigenvalue weighted by atomic mass is 19.3. The fourth-order valence-electron chi connectivity index (χ4n) is 3.07. The molecule has 0 aromatic heterocycles. The lowest BCUT2D eigenvalue weighted by Crippen LogP contribution is -2.14. The Morgan fingerprint density at radius 3 is 1.18 bits per heavy atom. The van der Waals surface area contributed by atoms with Crippen LogP contribution in [0.1, 0.15) is 123 Å². The molecule has 2 heteroatoms. The van der Waals surface area contributed by atoms with Gasteiger partial charge in [0.15, 0.2) is 0 Å². The van der Waals surface area contributed by atoms with Gasteiger partial charge in [0.25, 0.3) is 0 Å². The quantitative estimate of drug-likeness (QED) is 0.237. The van der Waals surface area contributed by atoms with Crippen molar-refractivity contribution in [2.75, 3.05) is 0 Å². The highest BCUT2D eigenvalue weighted by Crippen LogP contribution is 2.27. The van der Waals surface area contributed by atoms with Crippen molar-refractivity contribution in [2.45, 2.75) is 129 Å². The van der Waals surface area contributed by atoms with Gasteiger partial charge in [0.1, 0.15) is 0 Å². The summed E-state index contributed by atoms with van der Waals surface area (Å²) in [5, 5.41) is 0. The monoisotopic (exact) mass is 318 g/mol. The topological polar surface area (TPSA) is 0 Å². The van der Waals surface area contributed by atoms with E-state index >= 15 is 0 Å². The number of hydrogen-bond acceptors (Lipinski definition) is 0. The van der Waals surface area contributed by atoms with E-state index in [1.54, 1.807) is 0 Å². The van der Waals surface area contributed by atoms with Gasteiger partial charge in [-0.3, -0.25) is 0 Å². The predicted molar refractivity (Wildman–Crippen MR) is 94.8 cm³/mol. The summed E-state index contributed by atoms with van der Waals surface area (Å²) in [6, 6.07) is 0. The van der Waals surface area contributed by atoms with Crippen LogP contribution in [0.15, 0.2) is 0 Å². The molecule has 0 rings (SSSR count). The van der Waals surface area contributed by atoms with E-state index in [-0.39, 0.29) is 12.8 Å². The largest absolute Gasteiger partial charge is 0.248 e. The summed E-state index contributed by atoms with van der Waals surface area (Å²) in [6.07, 6.45) is 18.5. The number of rotatable bonds is 17. The van der Waals surface area contributed by atoms with Crippen LogP contribution < -0.4 is 0 Å². The molecule has 0 atom stereocenters. The SMILES string of the molecule is CCCCCCCCCCCCCCCCC(F)(F)CCC. The van der Waals surface area contributed by atoms with Crippen molar-refractivity contribution >= 4 is 0 Å². The van der Waals surface area contributed by atoms with Crippen LogP contribution >= 0.6 is 0 Å². The fourth-order valence-corrected chi connectivity index (χ4v) is 3.07. The first-order chi connectivity index (χ1) is 10.6. The third-order valence-electron chi connectivity index (χ3n) is 4.51. The molecule has 22 heavy (non-hydrogen) atoms. The minimum atomic E-state index is -2.41. The van der Waals surface area contributed by atoms with Gasteiger partial charge in [0, 0.05) is 12.8 Å². The Kier molecular flexibility index (Phi) is 15.6. The second-order valence-corrected chi connectivity index (χ2v) is 6.95. The molecule has 134 valence electrons. The molecule has 0 N–H and O–H groups in total.